The molecule has 5 heteroatoms. The number of carbonyl (C=O) groups is 1. The average molecular weight is 278 g/mol. The van der Waals surface area contributed by atoms with Crippen molar-refractivity contribution in [2.45, 2.75) is 31.8 Å². The zero-order valence-corrected chi connectivity index (χ0v) is 11.9. The number of hydrogen-bond acceptors (Lipinski definition) is 4. The third-order valence-electron chi connectivity index (χ3n) is 3.52. The summed E-state index contributed by atoms with van der Waals surface area (Å²) in [5.74, 6) is 0.733. The van der Waals surface area contributed by atoms with Crippen molar-refractivity contribution >= 4 is 5.91 Å². The standard InChI is InChI=1S/C15H22N2O3/c1-2-20-13-5-3-12(4-6-13)11-17-14(18)15(16)7-9-19-10-8-15/h3-6H,2,7-11,16H2,1H3,(H,17,18). The summed E-state index contributed by atoms with van der Waals surface area (Å²) >= 11 is 0. The van der Waals surface area contributed by atoms with E-state index in [4.69, 9.17) is 15.2 Å². The van der Waals surface area contributed by atoms with Crippen LogP contribution in [0, 0.1) is 0 Å². The lowest BCUT2D eigenvalue weighted by atomic mass is 9.90. The van der Waals surface area contributed by atoms with Crippen LogP contribution in [0.25, 0.3) is 0 Å². The van der Waals surface area contributed by atoms with Crippen LogP contribution in [0.3, 0.4) is 0 Å². The second-order valence-electron chi connectivity index (χ2n) is 5.03. The Morgan fingerprint density at radius 2 is 2.00 bits per heavy atom. The minimum absolute atomic E-state index is 0.102. The molecule has 0 saturated carbocycles. The van der Waals surface area contributed by atoms with Crippen LogP contribution in [0.5, 0.6) is 5.75 Å². The lowest BCUT2D eigenvalue weighted by molar-refractivity contribution is -0.129. The molecule has 1 aromatic carbocycles. The molecule has 0 radical (unpaired) electrons. The van der Waals surface area contributed by atoms with E-state index in [-0.39, 0.29) is 5.91 Å². The zero-order chi connectivity index (χ0) is 14.4. The average Bonchev–Trinajstić information content (AvgIpc) is 2.47. The zero-order valence-electron chi connectivity index (χ0n) is 11.9. The Morgan fingerprint density at radius 1 is 1.35 bits per heavy atom. The lowest BCUT2D eigenvalue weighted by Crippen LogP contribution is -2.56. The van der Waals surface area contributed by atoms with Gasteiger partial charge in [-0.25, -0.2) is 0 Å². The molecule has 0 aromatic heterocycles. The largest absolute Gasteiger partial charge is 0.494 e. The van der Waals surface area contributed by atoms with E-state index in [9.17, 15) is 4.79 Å². The van der Waals surface area contributed by atoms with E-state index in [1.165, 1.54) is 0 Å². The molecule has 0 spiro atoms. The van der Waals surface area contributed by atoms with Crippen molar-refractivity contribution in [1.29, 1.82) is 0 Å². The molecule has 20 heavy (non-hydrogen) atoms. The SMILES string of the molecule is CCOc1ccc(CNC(=O)C2(N)CCOCC2)cc1. The van der Waals surface area contributed by atoms with Gasteiger partial charge in [-0.1, -0.05) is 12.1 Å². The third-order valence-corrected chi connectivity index (χ3v) is 3.52. The Hall–Kier alpha value is -1.59. The molecule has 0 aliphatic carbocycles. The maximum Gasteiger partial charge on any atom is 0.240 e. The Labute approximate surface area is 119 Å². The number of nitrogens with two attached hydrogens (primary N) is 1. The first kappa shape index (κ1) is 14.8. The van der Waals surface area contributed by atoms with Gasteiger partial charge in [0.15, 0.2) is 0 Å². The van der Waals surface area contributed by atoms with Crippen molar-refractivity contribution in [3.05, 3.63) is 29.8 Å². The molecule has 0 atom stereocenters. The predicted molar refractivity (Wildman–Crippen MR) is 76.4 cm³/mol. The first-order valence-corrected chi connectivity index (χ1v) is 7.01. The van der Waals surface area contributed by atoms with Gasteiger partial charge in [0.05, 0.1) is 12.1 Å². The Balaban J connectivity index is 1.86. The van der Waals surface area contributed by atoms with Crippen molar-refractivity contribution in [2.75, 3.05) is 19.8 Å². The van der Waals surface area contributed by atoms with E-state index in [0.717, 1.165) is 11.3 Å². The smallest absolute Gasteiger partial charge is 0.240 e. The van der Waals surface area contributed by atoms with Crippen molar-refractivity contribution in [3.8, 4) is 5.75 Å². The van der Waals surface area contributed by atoms with Crippen molar-refractivity contribution in [2.24, 2.45) is 5.73 Å². The molecule has 0 unspecified atom stereocenters. The van der Waals surface area contributed by atoms with Crippen LogP contribution < -0.4 is 15.8 Å². The molecule has 1 heterocycles. The highest BCUT2D eigenvalue weighted by Gasteiger charge is 2.35. The molecule has 3 N–H and O–H groups in total. The maximum atomic E-state index is 12.1. The predicted octanol–water partition coefficient (Wildman–Crippen LogP) is 1.21. The summed E-state index contributed by atoms with van der Waals surface area (Å²) in [7, 11) is 0. The number of benzene rings is 1. The van der Waals surface area contributed by atoms with Crippen LogP contribution in [-0.4, -0.2) is 31.3 Å². The van der Waals surface area contributed by atoms with Gasteiger partial charge in [0.1, 0.15) is 5.75 Å². The highest BCUT2D eigenvalue weighted by molar-refractivity contribution is 5.86. The van der Waals surface area contributed by atoms with Crippen LogP contribution in [0.2, 0.25) is 0 Å². The second-order valence-corrected chi connectivity index (χ2v) is 5.03. The van der Waals surface area contributed by atoms with Crippen molar-refractivity contribution in [1.82, 2.24) is 5.32 Å². The fourth-order valence-corrected chi connectivity index (χ4v) is 2.19. The van der Waals surface area contributed by atoms with Gasteiger partial charge in [-0.2, -0.15) is 0 Å². The van der Waals surface area contributed by atoms with Crippen LogP contribution in [0.15, 0.2) is 24.3 Å². The highest BCUT2D eigenvalue weighted by Crippen LogP contribution is 2.18. The first-order chi connectivity index (χ1) is 9.64. The molecule has 0 bridgehead atoms. The summed E-state index contributed by atoms with van der Waals surface area (Å²) in [5.41, 5.74) is 6.36. The Bertz CT molecular complexity index is 439. The summed E-state index contributed by atoms with van der Waals surface area (Å²) in [6.07, 6.45) is 1.14. The molecule has 1 saturated heterocycles. The fraction of sp³-hybridized carbons (Fsp3) is 0.533. The quantitative estimate of drug-likeness (QED) is 0.849. The van der Waals surface area contributed by atoms with Gasteiger partial charge in [-0.05, 0) is 37.5 Å². The lowest BCUT2D eigenvalue weighted by Gasteiger charge is -2.31. The number of rotatable bonds is 5. The topological polar surface area (TPSA) is 73.6 Å². The van der Waals surface area contributed by atoms with Gasteiger partial charge in [-0.15, -0.1) is 0 Å². The Kier molecular flexibility index (Phi) is 4.98. The summed E-state index contributed by atoms with van der Waals surface area (Å²) in [6, 6.07) is 7.69. The Morgan fingerprint density at radius 3 is 2.60 bits per heavy atom. The van der Waals surface area contributed by atoms with Gasteiger partial charge in [0.25, 0.3) is 0 Å². The first-order valence-electron chi connectivity index (χ1n) is 7.01. The maximum absolute atomic E-state index is 12.1. The van der Waals surface area contributed by atoms with Crippen molar-refractivity contribution in [3.63, 3.8) is 0 Å². The molecule has 1 aliphatic heterocycles. The monoisotopic (exact) mass is 278 g/mol. The second kappa shape index (κ2) is 6.72. The van der Waals surface area contributed by atoms with E-state index in [1.807, 2.05) is 31.2 Å². The number of ether oxygens (including phenoxy) is 2. The van der Waals surface area contributed by atoms with Gasteiger partial charge >= 0.3 is 0 Å². The molecule has 1 fully saturated rings. The van der Waals surface area contributed by atoms with E-state index < -0.39 is 5.54 Å². The molecular formula is C15H22N2O3. The minimum atomic E-state index is -0.788. The van der Waals surface area contributed by atoms with Gasteiger partial charge in [0.2, 0.25) is 5.91 Å². The molecule has 5 nitrogen and oxygen atoms in total. The number of nitrogens with one attached hydrogen (secondary N) is 1. The van der Waals surface area contributed by atoms with Gasteiger partial charge in [0, 0.05) is 19.8 Å². The molecule has 110 valence electrons. The summed E-state index contributed by atoms with van der Waals surface area (Å²) in [6.45, 7) is 4.17. The van der Waals surface area contributed by atoms with Crippen LogP contribution in [0.4, 0.5) is 0 Å². The van der Waals surface area contributed by atoms with E-state index in [2.05, 4.69) is 5.32 Å². The highest BCUT2D eigenvalue weighted by atomic mass is 16.5. The van der Waals surface area contributed by atoms with E-state index >= 15 is 0 Å². The fourth-order valence-electron chi connectivity index (χ4n) is 2.19. The van der Waals surface area contributed by atoms with Crippen LogP contribution >= 0.6 is 0 Å². The minimum Gasteiger partial charge on any atom is -0.494 e. The summed E-state index contributed by atoms with van der Waals surface area (Å²) in [4.78, 5) is 12.1. The molecule has 1 aromatic rings. The number of carbonyl (C=O) groups excluding carboxylic acids is 1. The molecule has 1 aliphatic rings. The molecule has 1 amide bonds. The third kappa shape index (κ3) is 3.71. The van der Waals surface area contributed by atoms with Crippen molar-refractivity contribution < 1.29 is 14.3 Å². The normalized spacial score (nSPS) is 17.5. The summed E-state index contributed by atoms with van der Waals surface area (Å²) in [5, 5.41) is 2.90. The number of hydrogen-bond donors (Lipinski definition) is 2. The van der Waals surface area contributed by atoms with Gasteiger partial charge in [-0.3, -0.25) is 4.79 Å². The van der Waals surface area contributed by atoms with Crippen LogP contribution in [-0.2, 0) is 16.1 Å². The van der Waals surface area contributed by atoms with E-state index in [0.29, 0.717) is 39.2 Å². The van der Waals surface area contributed by atoms with Crippen LogP contribution in [0.1, 0.15) is 25.3 Å². The molecule has 2 rings (SSSR count). The number of amides is 1. The molecular weight excluding hydrogens is 256 g/mol. The van der Waals surface area contributed by atoms with E-state index in [1.54, 1.807) is 0 Å². The van der Waals surface area contributed by atoms with Gasteiger partial charge < -0.3 is 20.5 Å². The summed E-state index contributed by atoms with van der Waals surface area (Å²) < 4.78 is 10.6.